The molecule has 0 saturated carbocycles. The molecule has 1 saturated heterocycles. The number of amides is 1. The highest BCUT2D eigenvalue weighted by molar-refractivity contribution is 7.87. The van der Waals surface area contributed by atoms with Crippen molar-refractivity contribution >= 4 is 22.7 Å². The van der Waals surface area contributed by atoms with Crippen LogP contribution in [0.2, 0.25) is 0 Å². The van der Waals surface area contributed by atoms with E-state index in [2.05, 4.69) is 6.92 Å². The Labute approximate surface area is 110 Å². The van der Waals surface area contributed by atoms with E-state index in [1.165, 1.54) is 13.8 Å². The lowest BCUT2D eigenvalue weighted by Gasteiger charge is -2.31. The number of carboxylic acids is 1. The standard InChI is InChI=1S/C12H21NO4S/c1-9-4-6-13(7-5-9)10(14)8-18(17)12(2,3)11(15)16/h9H,4-8H2,1-3H3,(H,15,16). The number of nitrogens with zero attached hydrogens (tertiary/aromatic N) is 1. The van der Waals surface area contributed by atoms with Crippen LogP contribution in [0.25, 0.3) is 0 Å². The van der Waals surface area contributed by atoms with E-state index in [4.69, 9.17) is 5.11 Å². The first-order chi connectivity index (χ1) is 8.25. The predicted octanol–water partition coefficient (Wildman–Crippen LogP) is 0.857. The number of piperidine rings is 1. The van der Waals surface area contributed by atoms with E-state index in [0.717, 1.165) is 12.8 Å². The molecule has 1 unspecified atom stereocenters. The number of hydrogen-bond acceptors (Lipinski definition) is 3. The van der Waals surface area contributed by atoms with Gasteiger partial charge in [0.05, 0.1) is 0 Å². The molecule has 0 aromatic heterocycles. The fourth-order valence-electron chi connectivity index (χ4n) is 1.74. The first-order valence-electron chi connectivity index (χ1n) is 6.14. The van der Waals surface area contributed by atoms with Gasteiger partial charge in [-0.3, -0.25) is 13.8 Å². The summed E-state index contributed by atoms with van der Waals surface area (Å²) in [7, 11) is -1.69. The number of carbonyl (C=O) groups is 2. The monoisotopic (exact) mass is 275 g/mol. The Bertz CT molecular complexity index is 359. The van der Waals surface area contributed by atoms with Crippen molar-refractivity contribution in [1.82, 2.24) is 4.90 Å². The van der Waals surface area contributed by atoms with Gasteiger partial charge in [-0.05, 0) is 32.6 Å². The van der Waals surface area contributed by atoms with Crippen LogP contribution in [0.3, 0.4) is 0 Å². The SMILES string of the molecule is CC1CCN(C(=O)CS(=O)C(C)(C)C(=O)O)CC1. The van der Waals surface area contributed by atoms with E-state index in [1.54, 1.807) is 4.90 Å². The lowest BCUT2D eigenvalue weighted by molar-refractivity contribution is -0.139. The average molecular weight is 275 g/mol. The second kappa shape index (κ2) is 5.82. The minimum absolute atomic E-state index is 0.199. The molecule has 1 heterocycles. The highest BCUT2D eigenvalue weighted by Gasteiger charge is 2.36. The van der Waals surface area contributed by atoms with Gasteiger partial charge in [-0.25, -0.2) is 0 Å². The molecule has 0 aromatic rings. The largest absolute Gasteiger partial charge is 0.480 e. The molecule has 1 N–H and O–H groups in total. The molecule has 1 aliphatic heterocycles. The maximum atomic E-state index is 11.9. The second-order valence-corrected chi connectivity index (χ2v) is 7.37. The molecule has 1 rings (SSSR count). The molecule has 5 nitrogen and oxygen atoms in total. The van der Waals surface area contributed by atoms with Crippen molar-refractivity contribution in [2.24, 2.45) is 5.92 Å². The third kappa shape index (κ3) is 3.54. The molecule has 0 aromatic carbocycles. The third-order valence-corrected chi connectivity index (χ3v) is 5.30. The van der Waals surface area contributed by atoms with Gasteiger partial charge < -0.3 is 10.0 Å². The fraction of sp³-hybridized carbons (Fsp3) is 0.833. The maximum Gasteiger partial charge on any atom is 0.321 e. The molecule has 0 radical (unpaired) electrons. The normalized spacial score (nSPS) is 19.6. The summed E-state index contributed by atoms with van der Waals surface area (Å²) in [5, 5.41) is 8.95. The van der Waals surface area contributed by atoms with Crippen LogP contribution in [0, 0.1) is 5.92 Å². The highest BCUT2D eigenvalue weighted by atomic mass is 32.2. The molecule has 1 aliphatic rings. The summed E-state index contributed by atoms with van der Waals surface area (Å²) in [6, 6.07) is 0. The second-order valence-electron chi connectivity index (χ2n) is 5.37. The van der Waals surface area contributed by atoms with Gasteiger partial charge in [0.2, 0.25) is 5.91 Å². The maximum absolute atomic E-state index is 11.9. The molecule has 18 heavy (non-hydrogen) atoms. The Morgan fingerprint density at radius 1 is 1.33 bits per heavy atom. The van der Waals surface area contributed by atoms with Crippen LogP contribution in [0.4, 0.5) is 0 Å². The molecular weight excluding hydrogens is 254 g/mol. The number of hydrogen-bond donors (Lipinski definition) is 1. The van der Waals surface area contributed by atoms with Crippen LogP contribution < -0.4 is 0 Å². The quantitative estimate of drug-likeness (QED) is 0.825. The molecule has 6 heteroatoms. The zero-order valence-corrected chi connectivity index (χ0v) is 12.0. The number of aliphatic carboxylic acids is 1. The van der Waals surface area contributed by atoms with Gasteiger partial charge in [-0.1, -0.05) is 6.92 Å². The van der Waals surface area contributed by atoms with Crippen LogP contribution in [0.5, 0.6) is 0 Å². The highest BCUT2D eigenvalue weighted by Crippen LogP contribution is 2.18. The predicted molar refractivity (Wildman–Crippen MR) is 69.7 cm³/mol. The zero-order chi connectivity index (χ0) is 13.9. The van der Waals surface area contributed by atoms with Crippen molar-refractivity contribution in [3.63, 3.8) is 0 Å². The Morgan fingerprint density at radius 3 is 2.28 bits per heavy atom. The van der Waals surface area contributed by atoms with Crippen molar-refractivity contribution in [1.29, 1.82) is 0 Å². The minimum Gasteiger partial charge on any atom is -0.480 e. The molecule has 1 amide bonds. The van der Waals surface area contributed by atoms with Gasteiger partial charge >= 0.3 is 5.97 Å². The molecular formula is C12H21NO4S. The van der Waals surface area contributed by atoms with Gasteiger partial charge in [-0.15, -0.1) is 0 Å². The van der Waals surface area contributed by atoms with Crippen LogP contribution in [-0.2, 0) is 20.4 Å². The van der Waals surface area contributed by atoms with Crippen molar-refractivity contribution in [3.8, 4) is 0 Å². The molecule has 0 aliphatic carbocycles. The summed E-state index contributed by atoms with van der Waals surface area (Å²) in [5.74, 6) is -0.918. The van der Waals surface area contributed by atoms with Crippen LogP contribution in [0.1, 0.15) is 33.6 Å². The van der Waals surface area contributed by atoms with Gasteiger partial charge in [-0.2, -0.15) is 0 Å². The van der Waals surface area contributed by atoms with Crippen molar-refractivity contribution in [2.45, 2.75) is 38.4 Å². The van der Waals surface area contributed by atoms with Crippen LogP contribution in [-0.4, -0.2) is 49.7 Å². The number of rotatable bonds is 4. The molecule has 0 bridgehead atoms. The van der Waals surface area contributed by atoms with Gasteiger partial charge in [0.25, 0.3) is 0 Å². The van der Waals surface area contributed by atoms with Crippen molar-refractivity contribution in [2.75, 3.05) is 18.8 Å². The third-order valence-electron chi connectivity index (χ3n) is 3.48. The summed E-state index contributed by atoms with van der Waals surface area (Å²) < 4.78 is 10.5. The Morgan fingerprint density at radius 2 is 1.83 bits per heavy atom. The minimum atomic E-state index is -1.69. The molecule has 0 spiro atoms. The number of likely N-dealkylation sites (tertiary alicyclic amines) is 1. The van der Waals surface area contributed by atoms with Crippen LogP contribution in [0.15, 0.2) is 0 Å². The summed E-state index contributed by atoms with van der Waals surface area (Å²) in [5.41, 5.74) is 0. The van der Waals surface area contributed by atoms with E-state index < -0.39 is 21.5 Å². The molecule has 104 valence electrons. The van der Waals surface area contributed by atoms with Crippen molar-refractivity contribution in [3.05, 3.63) is 0 Å². The molecule has 1 fully saturated rings. The fourth-order valence-corrected chi connectivity index (χ4v) is 2.70. The number of carbonyl (C=O) groups excluding carboxylic acids is 1. The number of carboxylic acid groups (broad SMARTS) is 1. The first-order valence-corrected chi connectivity index (χ1v) is 7.46. The lowest BCUT2D eigenvalue weighted by atomic mass is 9.99. The first kappa shape index (κ1) is 15.1. The molecule has 1 atom stereocenters. The smallest absolute Gasteiger partial charge is 0.321 e. The van der Waals surface area contributed by atoms with Gasteiger partial charge in [0.15, 0.2) is 0 Å². The van der Waals surface area contributed by atoms with E-state index >= 15 is 0 Å². The van der Waals surface area contributed by atoms with E-state index in [0.29, 0.717) is 19.0 Å². The van der Waals surface area contributed by atoms with Crippen LogP contribution >= 0.6 is 0 Å². The van der Waals surface area contributed by atoms with E-state index in [9.17, 15) is 13.8 Å². The Kier molecular flexibility index (Phi) is 4.90. The Balaban J connectivity index is 2.55. The summed E-state index contributed by atoms with van der Waals surface area (Å²) in [6.07, 6.45) is 1.92. The summed E-state index contributed by atoms with van der Waals surface area (Å²) in [4.78, 5) is 24.6. The lowest BCUT2D eigenvalue weighted by Crippen LogP contribution is -2.45. The van der Waals surface area contributed by atoms with E-state index in [-0.39, 0.29) is 11.7 Å². The van der Waals surface area contributed by atoms with Gasteiger partial charge in [0, 0.05) is 23.9 Å². The van der Waals surface area contributed by atoms with Crippen molar-refractivity contribution < 1.29 is 18.9 Å². The topological polar surface area (TPSA) is 74.7 Å². The summed E-state index contributed by atoms with van der Waals surface area (Å²) >= 11 is 0. The van der Waals surface area contributed by atoms with E-state index in [1.807, 2.05) is 0 Å². The van der Waals surface area contributed by atoms with Gasteiger partial charge in [0.1, 0.15) is 10.5 Å². The zero-order valence-electron chi connectivity index (χ0n) is 11.1. The average Bonchev–Trinajstić information content (AvgIpc) is 2.29. The summed E-state index contributed by atoms with van der Waals surface area (Å²) in [6.45, 7) is 6.29. The Hall–Kier alpha value is -0.910.